The van der Waals surface area contributed by atoms with Crippen LogP contribution in [0.3, 0.4) is 0 Å². The summed E-state index contributed by atoms with van der Waals surface area (Å²) in [4.78, 5) is 24.4. The van der Waals surface area contributed by atoms with Crippen LogP contribution in [0.2, 0.25) is 0 Å². The van der Waals surface area contributed by atoms with E-state index < -0.39 is 11.7 Å². The van der Waals surface area contributed by atoms with Gasteiger partial charge >= 0.3 is 6.09 Å². The van der Waals surface area contributed by atoms with Crippen molar-refractivity contribution in [2.45, 2.75) is 44.9 Å². The number of para-hydroxylation sites is 1. The van der Waals surface area contributed by atoms with Crippen LogP contribution in [-0.2, 0) is 9.53 Å². The van der Waals surface area contributed by atoms with Crippen molar-refractivity contribution in [2.75, 3.05) is 11.9 Å². The average molecular weight is 397 g/mol. The Morgan fingerprint density at radius 3 is 2.31 bits per heavy atom. The van der Waals surface area contributed by atoms with E-state index in [4.69, 9.17) is 9.47 Å². The Morgan fingerprint density at radius 2 is 1.66 bits per heavy atom. The third kappa shape index (κ3) is 6.50. The summed E-state index contributed by atoms with van der Waals surface area (Å²) in [7, 11) is 0. The highest BCUT2D eigenvalue weighted by Gasteiger charge is 2.31. The predicted molar refractivity (Wildman–Crippen MR) is 111 cm³/mol. The Labute approximate surface area is 170 Å². The largest absolute Gasteiger partial charge is 0.457 e. The summed E-state index contributed by atoms with van der Waals surface area (Å²) in [5, 5.41) is 8.81. The van der Waals surface area contributed by atoms with Gasteiger partial charge in [0.2, 0.25) is 5.91 Å². The van der Waals surface area contributed by atoms with E-state index in [1.165, 1.54) is 0 Å². The highest BCUT2D eigenvalue weighted by molar-refractivity contribution is 5.95. The molecule has 1 saturated heterocycles. The zero-order chi connectivity index (χ0) is 20.9. The molecule has 3 rings (SSSR count). The standard InChI is InChI=1S/C22H27N3O4/c1-22(2,3)29-21(27)25-16-13-19(23-14-16)20(26)24-15-9-11-18(12-10-15)28-17-7-5-4-6-8-17/h4-12,16,19,23H,13-14H2,1-3H3,(H,24,26)(H,25,27)/t16-,19+/m1/s1. The number of anilines is 1. The fraction of sp³-hybridized carbons (Fsp3) is 0.364. The van der Waals surface area contributed by atoms with E-state index in [2.05, 4.69) is 16.0 Å². The molecule has 0 aromatic heterocycles. The molecule has 2 aromatic rings. The minimum atomic E-state index is -0.552. The molecule has 1 aliphatic heterocycles. The summed E-state index contributed by atoms with van der Waals surface area (Å²) < 4.78 is 11.0. The van der Waals surface area contributed by atoms with E-state index in [-0.39, 0.29) is 18.0 Å². The van der Waals surface area contributed by atoms with Crippen LogP contribution in [0, 0.1) is 0 Å². The van der Waals surface area contributed by atoms with E-state index in [0.29, 0.717) is 24.4 Å². The third-order valence-corrected chi connectivity index (χ3v) is 4.27. The Kier molecular flexibility index (Phi) is 6.39. The van der Waals surface area contributed by atoms with Gasteiger partial charge in [0, 0.05) is 18.3 Å². The molecule has 7 nitrogen and oxygen atoms in total. The van der Waals surface area contributed by atoms with Crippen molar-refractivity contribution in [1.29, 1.82) is 0 Å². The fourth-order valence-electron chi connectivity index (χ4n) is 2.98. The van der Waals surface area contributed by atoms with Crippen molar-refractivity contribution in [3.63, 3.8) is 0 Å². The first-order chi connectivity index (χ1) is 13.8. The molecule has 0 unspecified atom stereocenters. The molecule has 154 valence electrons. The molecule has 1 heterocycles. The highest BCUT2D eigenvalue weighted by Crippen LogP contribution is 2.23. The van der Waals surface area contributed by atoms with Gasteiger partial charge in [-0.15, -0.1) is 0 Å². The summed E-state index contributed by atoms with van der Waals surface area (Å²) in [5.41, 5.74) is 0.129. The van der Waals surface area contributed by atoms with E-state index in [0.717, 1.165) is 5.75 Å². The van der Waals surface area contributed by atoms with Gasteiger partial charge in [-0.1, -0.05) is 18.2 Å². The van der Waals surface area contributed by atoms with Crippen molar-refractivity contribution in [2.24, 2.45) is 0 Å². The smallest absolute Gasteiger partial charge is 0.407 e. The van der Waals surface area contributed by atoms with Crippen molar-refractivity contribution >= 4 is 17.7 Å². The Bertz CT molecular complexity index is 831. The minimum Gasteiger partial charge on any atom is -0.457 e. The van der Waals surface area contributed by atoms with E-state index in [1.807, 2.05) is 51.1 Å². The van der Waals surface area contributed by atoms with Crippen LogP contribution < -0.4 is 20.7 Å². The summed E-state index contributed by atoms with van der Waals surface area (Å²) in [5.74, 6) is 1.30. The molecule has 7 heteroatoms. The van der Waals surface area contributed by atoms with Gasteiger partial charge in [0.25, 0.3) is 0 Å². The quantitative estimate of drug-likeness (QED) is 0.716. The third-order valence-electron chi connectivity index (χ3n) is 4.27. The minimum absolute atomic E-state index is 0.143. The maximum absolute atomic E-state index is 12.5. The van der Waals surface area contributed by atoms with Crippen LogP contribution in [0.5, 0.6) is 11.5 Å². The number of benzene rings is 2. The second-order valence-corrected chi connectivity index (χ2v) is 7.97. The van der Waals surface area contributed by atoms with Crippen molar-refractivity contribution in [3.8, 4) is 11.5 Å². The van der Waals surface area contributed by atoms with Crippen molar-refractivity contribution in [3.05, 3.63) is 54.6 Å². The van der Waals surface area contributed by atoms with Crippen LogP contribution in [0.1, 0.15) is 27.2 Å². The van der Waals surface area contributed by atoms with E-state index >= 15 is 0 Å². The maximum Gasteiger partial charge on any atom is 0.407 e. The molecule has 1 fully saturated rings. The lowest BCUT2D eigenvalue weighted by Gasteiger charge is -2.21. The summed E-state index contributed by atoms with van der Waals surface area (Å²) in [6.45, 7) is 5.95. The van der Waals surface area contributed by atoms with Crippen LogP contribution in [0.4, 0.5) is 10.5 Å². The zero-order valence-electron chi connectivity index (χ0n) is 16.9. The first-order valence-electron chi connectivity index (χ1n) is 9.65. The molecule has 1 aliphatic rings. The van der Waals surface area contributed by atoms with Crippen molar-refractivity contribution in [1.82, 2.24) is 10.6 Å². The lowest BCUT2D eigenvalue weighted by Crippen LogP contribution is -2.40. The number of amides is 2. The van der Waals surface area contributed by atoms with E-state index in [1.54, 1.807) is 24.3 Å². The normalized spacial score (nSPS) is 18.7. The molecule has 2 atom stereocenters. The molecule has 0 saturated carbocycles. The number of nitrogens with one attached hydrogen (secondary N) is 3. The molecular weight excluding hydrogens is 370 g/mol. The highest BCUT2D eigenvalue weighted by atomic mass is 16.6. The Balaban J connectivity index is 1.47. The van der Waals surface area contributed by atoms with Gasteiger partial charge in [-0.2, -0.15) is 0 Å². The summed E-state index contributed by atoms with van der Waals surface area (Å²) in [6, 6.07) is 16.2. The molecule has 2 amide bonds. The van der Waals surface area contributed by atoms with Gasteiger partial charge in [-0.05, 0) is 63.6 Å². The predicted octanol–water partition coefficient (Wildman–Crippen LogP) is 3.67. The topological polar surface area (TPSA) is 88.7 Å². The number of carbonyl (C=O) groups is 2. The first kappa shape index (κ1) is 20.7. The lowest BCUT2D eigenvalue weighted by molar-refractivity contribution is -0.117. The second-order valence-electron chi connectivity index (χ2n) is 7.97. The summed E-state index contributed by atoms with van der Waals surface area (Å²) in [6.07, 6.45) is 0.0275. The molecule has 3 N–H and O–H groups in total. The number of alkyl carbamates (subject to hydrolysis) is 1. The Hall–Kier alpha value is -3.06. The van der Waals surface area contributed by atoms with Gasteiger partial charge in [0.15, 0.2) is 0 Å². The van der Waals surface area contributed by atoms with Gasteiger partial charge in [-0.25, -0.2) is 4.79 Å². The SMILES string of the molecule is CC(C)(C)OC(=O)N[C@H]1CN[C@H](C(=O)Nc2ccc(Oc3ccccc3)cc2)C1. The Morgan fingerprint density at radius 1 is 1.00 bits per heavy atom. The van der Waals surface area contributed by atoms with E-state index in [9.17, 15) is 9.59 Å². The molecule has 2 aromatic carbocycles. The zero-order valence-corrected chi connectivity index (χ0v) is 16.9. The van der Waals surface area contributed by atoms with Crippen LogP contribution >= 0.6 is 0 Å². The number of hydrogen-bond acceptors (Lipinski definition) is 5. The van der Waals surface area contributed by atoms with Gasteiger partial charge in [-0.3, -0.25) is 4.79 Å². The number of rotatable bonds is 5. The lowest BCUT2D eigenvalue weighted by atomic mass is 10.1. The van der Waals surface area contributed by atoms with Crippen LogP contribution in [0.25, 0.3) is 0 Å². The van der Waals surface area contributed by atoms with Crippen LogP contribution in [0.15, 0.2) is 54.6 Å². The molecule has 29 heavy (non-hydrogen) atoms. The van der Waals surface area contributed by atoms with Crippen molar-refractivity contribution < 1.29 is 19.1 Å². The first-order valence-corrected chi connectivity index (χ1v) is 9.65. The number of hydrogen-bond donors (Lipinski definition) is 3. The molecule has 0 bridgehead atoms. The monoisotopic (exact) mass is 397 g/mol. The number of carbonyl (C=O) groups excluding carboxylic acids is 2. The number of ether oxygens (including phenoxy) is 2. The second kappa shape index (κ2) is 8.96. The molecule has 0 radical (unpaired) electrons. The molecule has 0 spiro atoms. The summed E-state index contributed by atoms with van der Waals surface area (Å²) >= 11 is 0. The maximum atomic E-state index is 12.5. The fourth-order valence-corrected chi connectivity index (χ4v) is 2.98. The molecular formula is C22H27N3O4. The molecule has 0 aliphatic carbocycles. The van der Waals surface area contributed by atoms with Gasteiger partial charge in [0.1, 0.15) is 17.1 Å². The van der Waals surface area contributed by atoms with Gasteiger partial charge < -0.3 is 25.4 Å². The average Bonchev–Trinajstić information content (AvgIpc) is 3.11. The van der Waals surface area contributed by atoms with Crippen LogP contribution in [-0.4, -0.2) is 36.2 Å². The van der Waals surface area contributed by atoms with Gasteiger partial charge in [0.05, 0.1) is 6.04 Å².